The van der Waals surface area contributed by atoms with Crippen LogP contribution in [-0.2, 0) is 0 Å². The molecule has 0 fully saturated rings. The van der Waals surface area contributed by atoms with Crippen molar-refractivity contribution in [1.29, 1.82) is 0 Å². The average molecular weight is 186 g/mol. The molecule has 0 aromatic carbocycles. The molecule has 1 amide bonds. The van der Waals surface area contributed by atoms with Gasteiger partial charge < -0.3 is 5.32 Å². The Kier molecular flexibility index (Phi) is 2.65. The highest BCUT2D eigenvalue weighted by Gasteiger charge is 2.05. The van der Waals surface area contributed by atoms with E-state index in [4.69, 9.17) is 0 Å². The summed E-state index contributed by atoms with van der Waals surface area (Å²) < 4.78 is 1.16. The molecule has 0 aliphatic heterocycles. The summed E-state index contributed by atoms with van der Waals surface area (Å²) in [7, 11) is 0. The first-order valence-corrected chi connectivity index (χ1v) is 4.37. The topological polar surface area (TPSA) is 51.1 Å². The van der Waals surface area contributed by atoms with Gasteiger partial charge in [-0.25, -0.2) is 8.75 Å². The minimum atomic E-state index is -0.253. The molecule has 0 radical (unpaired) electrons. The van der Waals surface area contributed by atoms with Crippen LogP contribution in [0.3, 0.4) is 0 Å². The van der Waals surface area contributed by atoms with Crippen LogP contribution in [0.2, 0.25) is 0 Å². The first-order valence-electron chi connectivity index (χ1n) is 3.59. The molecule has 0 bridgehead atoms. The number of nitrogens with one attached hydrogen (secondary N) is 1. The largest absolute Gasteiger partial charge is 0.335 e. The van der Waals surface area contributed by atoms with Gasteiger partial charge in [0.15, 0.2) is 0 Å². The Morgan fingerprint density at radius 1 is 1.67 bits per heavy atom. The third-order valence-electron chi connectivity index (χ3n) is 1.15. The summed E-state index contributed by atoms with van der Waals surface area (Å²) in [5.74, 6) is 0. The standard InChI is InChI=1S/C7H10N2O2S/c1-5(2)8-7(11)9-4-3-6(10)12-9/h3-5H,1-2H3,(H,8,11). The Labute approximate surface area is 74.0 Å². The molecule has 5 heteroatoms. The molecule has 4 nitrogen and oxygen atoms in total. The van der Waals surface area contributed by atoms with Gasteiger partial charge in [0.05, 0.1) is 0 Å². The van der Waals surface area contributed by atoms with Crippen molar-refractivity contribution in [2.24, 2.45) is 0 Å². The van der Waals surface area contributed by atoms with E-state index in [1.54, 1.807) is 0 Å². The van der Waals surface area contributed by atoms with E-state index in [-0.39, 0.29) is 16.8 Å². The van der Waals surface area contributed by atoms with Gasteiger partial charge in [-0.3, -0.25) is 4.79 Å². The Hall–Kier alpha value is -1.10. The fourth-order valence-corrected chi connectivity index (χ4v) is 1.28. The summed E-state index contributed by atoms with van der Waals surface area (Å²) >= 11 is 0.887. The van der Waals surface area contributed by atoms with Crippen molar-refractivity contribution < 1.29 is 4.79 Å². The van der Waals surface area contributed by atoms with E-state index in [1.807, 2.05) is 13.8 Å². The van der Waals surface area contributed by atoms with Gasteiger partial charge in [-0.2, -0.15) is 0 Å². The van der Waals surface area contributed by atoms with E-state index >= 15 is 0 Å². The zero-order valence-electron chi connectivity index (χ0n) is 6.90. The molecule has 0 unspecified atom stereocenters. The van der Waals surface area contributed by atoms with Crippen molar-refractivity contribution in [2.45, 2.75) is 19.9 Å². The molecule has 1 aromatic heterocycles. The highest BCUT2D eigenvalue weighted by atomic mass is 32.1. The summed E-state index contributed by atoms with van der Waals surface area (Å²) in [6.45, 7) is 3.73. The second-order valence-electron chi connectivity index (χ2n) is 2.66. The normalized spacial score (nSPS) is 10.2. The van der Waals surface area contributed by atoms with E-state index in [1.165, 1.54) is 16.2 Å². The van der Waals surface area contributed by atoms with Gasteiger partial charge in [-0.15, -0.1) is 0 Å². The fourth-order valence-electron chi connectivity index (χ4n) is 0.706. The van der Waals surface area contributed by atoms with Gasteiger partial charge in [0.1, 0.15) is 0 Å². The van der Waals surface area contributed by atoms with Crippen LogP contribution in [0.4, 0.5) is 4.79 Å². The smallest absolute Gasteiger partial charge is 0.335 e. The van der Waals surface area contributed by atoms with E-state index in [0.29, 0.717) is 0 Å². The number of nitrogens with zero attached hydrogens (tertiary/aromatic N) is 1. The first kappa shape index (κ1) is 8.99. The third kappa shape index (κ3) is 2.20. The van der Waals surface area contributed by atoms with Crippen molar-refractivity contribution in [2.75, 3.05) is 0 Å². The molecular weight excluding hydrogens is 176 g/mol. The number of carbonyl (C=O) groups excluding carboxylic acids is 1. The minimum Gasteiger partial charge on any atom is -0.335 e. The van der Waals surface area contributed by atoms with Crippen LogP contribution in [0.5, 0.6) is 0 Å². The number of rotatable bonds is 1. The molecule has 0 saturated heterocycles. The molecule has 1 heterocycles. The molecular formula is C7H10N2O2S. The monoisotopic (exact) mass is 186 g/mol. The van der Waals surface area contributed by atoms with Crippen LogP contribution >= 0.6 is 11.5 Å². The van der Waals surface area contributed by atoms with Crippen molar-refractivity contribution in [1.82, 2.24) is 9.27 Å². The molecule has 0 saturated carbocycles. The van der Waals surface area contributed by atoms with Gasteiger partial charge in [0.25, 0.3) is 0 Å². The molecule has 1 rings (SSSR count). The predicted molar refractivity (Wildman–Crippen MR) is 47.6 cm³/mol. The molecule has 1 aromatic rings. The summed E-state index contributed by atoms with van der Waals surface area (Å²) in [6.07, 6.45) is 1.46. The lowest BCUT2D eigenvalue weighted by atomic mass is 10.4. The van der Waals surface area contributed by atoms with Crippen LogP contribution in [0.1, 0.15) is 13.8 Å². The lowest BCUT2D eigenvalue weighted by molar-refractivity contribution is 0.242. The van der Waals surface area contributed by atoms with Crippen LogP contribution in [0, 0.1) is 0 Å². The van der Waals surface area contributed by atoms with Crippen molar-refractivity contribution in [3.05, 3.63) is 21.8 Å². The number of carbonyl (C=O) groups is 1. The summed E-state index contributed by atoms with van der Waals surface area (Å²) in [5.41, 5.74) is 0. The van der Waals surface area contributed by atoms with Crippen molar-refractivity contribution in [3.63, 3.8) is 0 Å². The predicted octanol–water partition coefficient (Wildman–Crippen LogP) is 0.876. The quantitative estimate of drug-likeness (QED) is 0.707. The van der Waals surface area contributed by atoms with Gasteiger partial charge in [0.2, 0.25) is 4.74 Å². The maximum atomic E-state index is 11.2. The van der Waals surface area contributed by atoms with E-state index in [0.717, 1.165) is 11.5 Å². The zero-order chi connectivity index (χ0) is 9.14. The Balaban J connectivity index is 2.72. The summed E-state index contributed by atoms with van der Waals surface area (Å²) in [5, 5.41) is 2.67. The Morgan fingerprint density at radius 2 is 2.33 bits per heavy atom. The lowest BCUT2D eigenvalue weighted by Crippen LogP contribution is -2.32. The Morgan fingerprint density at radius 3 is 2.75 bits per heavy atom. The zero-order valence-corrected chi connectivity index (χ0v) is 7.72. The fraction of sp³-hybridized carbons (Fsp3) is 0.429. The van der Waals surface area contributed by atoms with Crippen LogP contribution in [0.25, 0.3) is 0 Å². The Bertz CT molecular complexity index is 326. The second-order valence-corrected chi connectivity index (χ2v) is 3.63. The molecule has 1 N–H and O–H groups in total. The van der Waals surface area contributed by atoms with Gasteiger partial charge in [0, 0.05) is 18.3 Å². The van der Waals surface area contributed by atoms with Gasteiger partial charge in [-0.05, 0) is 25.4 Å². The molecule has 0 spiro atoms. The maximum Gasteiger partial charge on any atom is 0.335 e. The maximum absolute atomic E-state index is 11.2. The SMILES string of the molecule is CC(C)NC(=O)n1ccc(=O)s1. The molecule has 12 heavy (non-hydrogen) atoms. The number of hydrogen-bond donors (Lipinski definition) is 1. The molecule has 66 valence electrons. The van der Waals surface area contributed by atoms with Crippen molar-refractivity contribution >= 4 is 17.6 Å². The van der Waals surface area contributed by atoms with E-state index in [2.05, 4.69) is 5.32 Å². The van der Waals surface area contributed by atoms with E-state index in [9.17, 15) is 9.59 Å². The van der Waals surface area contributed by atoms with Crippen LogP contribution < -0.4 is 10.1 Å². The van der Waals surface area contributed by atoms with Gasteiger partial charge >= 0.3 is 6.03 Å². The first-order chi connectivity index (χ1) is 5.59. The average Bonchev–Trinajstić information content (AvgIpc) is 2.34. The van der Waals surface area contributed by atoms with Gasteiger partial charge in [-0.1, -0.05) is 0 Å². The van der Waals surface area contributed by atoms with E-state index < -0.39 is 0 Å². The van der Waals surface area contributed by atoms with Crippen LogP contribution in [-0.4, -0.2) is 16.0 Å². The highest BCUT2D eigenvalue weighted by molar-refractivity contribution is 7.04. The lowest BCUT2D eigenvalue weighted by Gasteiger charge is -2.06. The minimum absolute atomic E-state index is 0.0854. The second kappa shape index (κ2) is 3.53. The third-order valence-corrected chi connectivity index (χ3v) is 1.95. The number of aromatic nitrogens is 1. The van der Waals surface area contributed by atoms with Crippen LogP contribution in [0.15, 0.2) is 17.1 Å². The molecule has 0 aliphatic rings. The molecule has 0 atom stereocenters. The summed E-state index contributed by atoms with van der Waals surface area (Å²) in [6, 6.07) is 1.20. The number of hydrogen-bond acceptors (Lipinski definition) is 3. The highest BCUT2D eigenvalue weighted by Crippen LogP contribution is 1.91. The number of amides is 1. The summed E-state index contributed by atoms with van der Waals surface area (Å²) in [4.78, 5) is 21.9. The molecule has 0 aliphatic carbocycles. The van der Waals surface area contributed by atoms with Crippen molar-refractivity contribution in [3.8, 4) is 0 Å².